The summed E-state index contributed by atoms with van der Waals surface area (Å²) in [6.07, 6.45) is 1.06. The number of likely N-dealkylation sites (N-methyl/N-ethyl adjacent to an activating group) is 1. The Kier molecular flexibility index (Phi) is 5.86. The maximum atomic E-state index is 12.2. The third-order valence-electron chi connectivity index (χ3n) is 3.38. The van der Waals surface area contributed by atoms with E-state index in [1.54, 1.807) is 7.11 Å². The van der Waals surface area contributed by atoms with E-state index in [0.717, 1.165) is 24.3 Å². The van der Waals surface area contributed by atoms with Crippen LogP contribution in [0.3, 0.4) is 0 Å². The topological polar surface area (TPSA) is 29.5 Å². The van der Waals surface area contributed by atoms with Gasteiger partial charge in [0.25, 0.3) is 0 Å². The van der Waals surface area contributed by atoms with Crippen molar-refractivity contribution in [3.8, 4) is 5.75 Å². The van der Waals surface area contributed by atoms with Gasteiger partial charge in [-0.1, -0.05) is 13.8 Å². The first kappa shape index (κ1) is 14.7. The highest BCUT2D eigenvalue weighted by molar-refractivity contribution is 5.97. The molecule has 0 aromatic heterocycles. The molecule has 0 fully saturated rings. The molecule has 100 valence electrons. The molecule has 1 aromatic rings. The fourth-order valence-corrected chi connectivity index (χ4v) is 1.89. The van der Waals surface area contributed by atoms with Gasteiger partial charge in [0.1, 0.15) is 5.75 Å². The minimum atomic E-state index is 0.166. The Hall–Kier alpha value is -1.35. The number of carbonyl (C=O) groups is 1. The van der Waals surface area contributed by atoms with Crippen LogP contribution < -0.4 is 4.74 Å². The fourth-order valence-electron chi connectivity index (χ4n) is 1.89. The molecule has 0 aliphatic carbocycles. The summed E-state index contributed by atoms with van der Waals surface area (Å²) in [5, 5.41) is 0. The third kappa shape index (κ3) is 3.84. The van der Waals surface area contributed by atoms with Crippen LogP contribution in [0.4, 0.5) is 0 Å². The Morgan fingerprint density at radius 2 is 1.89 bits per heavy atom. The molecular weight excluding hydrogens is 226 g/mol. The number of benzene rings is 1. The Balaban J connectivity index is 2.68. The normalized spacial score (nSPS) is 12.5. The molecule has 3 nitrogen and oxygen atoms in total. The quantitative estimate of drug-likeness (QED) is 0.696. The van der Waals surface area contributed by atoms with Crippen LogP contribution in [0.25, 0.3) is 0 Å². The molecule has 0 aliphatic rings. The van der Waals surface area contributed by atoms with Gasteiger partial charge >= 0.3 is 0 Å². The van der Waals surface area contributed by atoms with Gasteiger partial charge in [-0.25, -0.2) is 0 Å². The predicted molar refractivity (Wildman–Crippen MR) is 74.3 cm³/mol. The van der Waals surface area contributed by atoms with E-state index in [-0.39, 0.29) is 5.78 Å². The fraction of sp³-hybridized carbons (Fsp3) is 0.533. The van der Waals surface area contributed by atoms with E-state index in [2.05, 4.69) is 25.7 Å². The predicted octanol–water partition coefficient (Wildman–Crippen LogP) is 3.00. The highest BCUT2D eigenvalue weighted by atomic mass is 16.5. The number of ketones is 1. The molecular formula is C15H23NO2. The SMILES string of the molecule is CCC(C)N(CC)CC(=O)c1ccc(OC)cc1. The van der Waals surface area contributed by atoms with Gasteiger partial charge in [-0.3, -0.25) is 9.69 Å². The summed E-state index contributed by atoms with van der Waals surface area (Å²) >= 11 is 0. The second-order valence-corrected chi connectivity index (χ2v) is 4.47. The van der Waals surface area contributed by atoms with Crippen LogP contribution in [0, 0.1) is 0 Å². The van der Waals surface area contributed by atoms with Gasteiger partial charge in [-0.15, -0.1) is 0 Å². The zero-order valence-electron chi connectivity index (χ0n) is 11.8. The highest BCUT2D eigenvalue weighted by Crippen LogP contribution is 2.13. The summed E-state index contributed by atoms with van der Waals surface area (Å²) < 4.78 is 5.09. The van der Waals surface area contributed by atoms with Crippen LogP contribution >= 0.6 is 0 Å². The molecule has 0 saturated carbocycles. The average molecular weight is 249 g/mol. The van der Waals surface area contributed by atoms with Crippen LogP contribution in [0.1, 0.15) is 37.6 Å². The number of methoxy groups -OCH3 is 1. The Morgan fingerprint density at radius 1 is 1.28 bits per heavy atom. The largest absolute Gasteiger partial charge is 0.497 e. The molecule has 0 N–H and O–H groups in total. The van der Waals surface area contributed by atoms with Crippen LogP contribution in [-0.2, 0) is 0 Å². The molecule has 1 aromatic carbocycles. The van der Waals surface area contributed by atoms with Crippen molar-refractivity contribution in [1.29, 1.82) is 0 Å². The minimum absolute atomic E-state index is 0.166. The second kappa shape index (κ2) is 7.17. The number of hydrogen-bond acceptors (Lipinski definition) is 3. The molecule has 0 radical (unpaired) electrons. The zero-order chi connectivity index (χ0) is 13.5. The van der Waals surface area contributed by atoms with Gasteiger partial charge < -0.3 is 4.74 Å². The van der Waals surface area contributed by atoms with E-state index in [9.17, 15) is 4.79 Å². The van der Waals surface area contributed by atoms with Crippen molar-refractivity contribution >= 4 is 5.78 Å². The third-order valence-corrected chi connectivity index (χ3v) is 3.38. The molecule has 1 atom stereocenters. The van der Waals surface area contributed by atoms with Gasteiger partial charge in [0.15, 0.2) is 5.78 Å². The Morgan fingerprint density at radius 3 is 2.33 bits per heavy atom. The lowest BCUT2D eigenvalue weighted by Crippen LogP contribution is -2.36. The molecule has 0 amide bonds. The first-order valence-electron chi connectivity index (χ1n) is 6.53. The van der Waals surface area contributed by atoms with Crippen molar-refractivity contribution in [3.63, 3.8) is 0 Å². The molecule has 0 bridgehead atoms. The number of Topliss-reactive ketones (excluding diaryl/α,β-unsaturated/α-hetero) is 1. The van der Waals surface area contributed by atoms with Gasteiger partial charge in [0.2, 0.25) is 0 Å². The molecule has 0 aliphatic heterocycles. The number of hydrogen-bond donors (Lipinski definition) is 0. The first-order chi connectivity index (χ1) is 8.62. The number of ether oxygens (including phenoxy) is 1. The molecule has 3 heteroatoms. The molecule has 0 heterocycles. The van der Waals surface area contributed by atoms with Gasteiger partial charge in [0.05, 0.1) is 13.7 Å². The molecule has 0 spiro atoms. The van der Waals surface area contributed by atoms with Crippen molar-refractivity contribution in [1.82, 2.24) is 4.90 Å². The van der Waals surface area contributed by atoms with Crippen LogP contribution in [0.5, 0.6) is 5.75 Å². The molecule has 0 saturated heterocycles. The van der Waals surface area contributed by atoms with E-state index in [0.29, 0.717) is 12.6 Å². The van der Waals surface area contributed by atoms with Crippen LogP contribution in [0.2, 0.25) is 0 Å². The monoisotopic (exact) mass is 249 g/mol. The lowest BCUT2D eigenvalue weighted by Gasteiger charge is -2.26. The van der Waals surface area contributed by atoms with Crippen molar-refractivity contribution in [2.75, 3.05) is 20.2 Å². The van der Waals surface area contributed by atoms with Crippen molar-refractivity contribution < 1.29 is 9.53 Å². The zero-order valence-corrected chi connectivity index (χ0v) is 11.8. The minimum Gasteiger partial charge on any atom is -0.497 e. The van der Waals surface area contributed by atoms with E-state index in [1.807, 2.05) is 24.3 Å². The molecule has 1 rings (SSSR count). The summed E-state index contributed by atoms with van der Waals surface area (Å²) in [5.41, 5.74) is 0.748. The number of carbonyl (C=O) groups excluding carboxylic acids is 1. The summed E-state index contributed by atoms with van der Waals surface area (Å²) in [5.74, 6) is 0.945. The van der Waals surface area contributed by atoms with Crippen LogP contribution in [-0.4, -0.2) is 36.9 Å². The molecule has 1 unspecified atom stereocenters. The summed E-state index contributed by atoms with van der Waals surface area (Å²) in [6.45, 7) is 7.78. The smallest absolute Gasteiger partial charge is 0.176 e. The lowest BCUT2D eigenvalue weighted by atomic mass is 10.1. The van der Waals surface area contributed by atoms with E-state index in [1.165, 1.54) is 0 Å². The standard InChI is InChI=1S/C15H23NO2/c1-5-12(3)16(6-2)11-15(17)13-7-9-14(18-4)10-8-13/h7-10,12H,5-6,11H2,1-4H3. The maximum Gasteiger partial charge on any atom is 0.176 e. The van der Waals surface area contributed by atoms with Gasteiger partial charge in [-0.05, 0) is 44.2 Å². The summed E-state index contributed by atoms with van der Waals surface area (Å²) in [4.78, 5) is 14.4. The Labute approximate surface area is 110 Å². The number of rotatable bonds is 7. The van der Waals surface area contributed by atoms with Gasteiger partial charge in [0, 0.05) is 11.6 Å². The lowest BCUT2D eigenvalue weighted by molar-refractivity contribution is 0.0902. The summed E-state index contributed by atoms with van der Waals surface area (Å²) in [7, 11) is 1.62. The van der Waals surface area contributed by atoms with Crippen molar-refractivity contribution in [3.05, 3.63) is 29.8 Å². The Bertz CT molecular complexity index is 373. The summed E-state index contributed by atoms with van der Waals surface area (Å²) in [6, 6.07) is 7.74. The van der Waals surface area contributed by atoms with E-state index >= 15 is 0 Å². The van der Waals surface area contributed by atoms with Gasteiger partial charge in [-0.2, -0.15) is 0 Å². The van der Waals surface area contributed by atoms with Crippen molar-refractivity contribution in [2.45, 2.75) is 33.2 Å². The second-order valence-electron chi connectivity index (χ2n) is 4.47. The highest BCUT2D eigenvalue weighted by Gasteiger charge is 2.15. The number of nitrogens with zero attached hydrogens (tertiary/aromatic N) is 1. The van der Waals surface area contributed by atoms with Crippen molar-refractivity contribution in [2.24, 2.45) is 0 Å². The maximum absolute atomic E-state index is 12.2. The van der Waals surface area contributed by atoms with Crippen LogP contribution in [0.15, 0.2) is 24.3 Å². The van der Waals surface area contributed by atoms with E-state index < -0.39 is 0 Å². The average Bonchev–Trinajstić information content (AvgIpc) is 2.43. The van der Waals surface area contributed by atoms with E-state index in [4.69, 9.17) is 4.74 Å². The molecule has 18 heavy (non-hydrogen) atoms. The first-order valence-corrected chi connectivity index (χ1v) is 6.53.